The maximum Gasteiger partial charge on any atom is 0.229 e. The summed E-state index contributed by atoms with van der Waals surface area (Å²) in [6, 6.07) is 8.00. The molecule has 3 heterocycles. The summed E-state index contributed by atoms with van der Waals surface area (Å²) in [6.45, 7) is 5.52. The molecule has 0 N–H and O–H groups in total. The lowest BCUT2D eigenvalue weighted by Gasteiger charge is -2.37. The van der Waals surface area contributed by atoms with Crippen molar-refractivity contribution in [2.45, 2.75) is 32.7 Å². The van der Waals surface area contributed by atoms with E-state index in [1.165, 1.54) is 0 Å². The van der Waals surface area contributed by atoms with Gasteiger partial charge in [0.15, 0.2) is 0 Å². The molecule has 5 nitrogen and oxygen atoms in total. The number of rotatable bonds is 2. The van der Waals surface area contributed by atoms with Gasteiger partial charge in [0, 0.05) is 26.7 Å². The quantitative estimate of drug-likeness (QED) is 0.851. The van der Waals surface area contributed by atoms with Crippen LogP contribution < -0.4 is 0 Å². The second-order valence-corrected chi connectivity index (χ2v) is 7.32. The van der Waals surface area contributed by atoms with Crippen molar-refractivity contribution in [3.8, 4) is 0 Å². The molecular weight excluding hydrogens is 300 g/mol. The molecule has 0 radical (unpaired) electrons. The summed E-state index contributed by atoms with van der Waals surface area (Å²) >= 11 is 0. The number of nitrogens with zero attached hydrogens (tertiary/aromatic N) is 4. The van der Waals surface area contributed by atoms with Crippen LogP contribution in [0.4, 0.5) is 0 Å². The van der Waals surface area contributed by atoms with Gasteiger partial charge in [0.2, 0.25) is 5.91 Å². The molecule has 1 atom stereocenters. The highest BCUT2D eigenvalue weighted by Crippen LogP contribution is 2.40. The van der Waals surface area contributed by atoms with Crippen molar-refractivity contribution in [3.05, 3.63) is 35.7 Å². The number of benzene rings is 1. The van der Waals surface area contributed by atoms with Crippen LogP contribution in [0.2, 0.25) is 0 Å². The molecule has 5 heteroatoms. The predicted octanol–water partition coefficient (Wildman–Crippen LogP) is 2.38. The highest BCUT2D eigenvalue weighted by atomic mass is 16.2. The van der Waals surface area contributed by atoms with Crippen molar-refractivity contribution < 1.29 is 4.79 Å². The highest BCUT2D eigenvalue weighted by molar-refractivity contribution is 5.84. The molecule has 2 fully saturated rings. The summed E-state index contributed by atoms with van der Waals surface area (Å²) in [4.78, 5) is 26.4. The van der Waals surface area contributed by atoms with E-state index in [0.29, 0.717) is 5.91 Å². The minimum Gasteiger partial charge on any atom is -0.345 e. The summed E-state index contributed by atoms with van der Waals surface area (Å²) in [5, 5.41) is 0. The van der Waals surface area contributed by atoms with Gasteiger partial charge in [-0.25, -0.2) is 9.97 Å². The number of para-hydroxylation sites is 2. The van der Waals surface area contributed by atoms with Gasteiger partial charge in [-0.2, -0.15) is 0 Å². The normalized spacial score (nSPS) is 25.1. The number of likely N-dealkylation sites (tertiary alicyclic amines) is 2. The Morgan fingerprint density at radius 2 is 1.88 bits per heavy atom. The fourth-order valence-corrected chi connectivity index (χ4v) is 4.23. The summed E-state index contributed by atoms with van der Waals surface area (Å²) < 4.78 is 0. The first-order valence-corrected chi connectivity index (χ1v) is 8.78. The maximum absolute atomic E-state index is 12.7. The lowest BCUT2D eigenvalue weighted by molar-refractivity contribution is -0.143. The van der Waals surface area contributed by atoms with Gasteiger partial charge >= 0.3 is 0 Å². The van der Waals surface area contributed by atoms with Crippen LogP contribution in [0.25, 0.3) is 11.0 Å². The van der Waals surface area contributed by atoms with E-state index in [-0.39, 0.29) is 5.41 Å². The third-order valence-electron chi connectivity index (χ3n) is 5.60. The average Bonchev–Trinajstić information content (AvgIpc) is 2.97. The molecule has 1 amide bonds. The topological polar surface area (TPSA) is 49.3 Å². The zero-order valence-corrected chi connectivity index (χ0v) is 14.5. The SMILES string of the molecule is Cc1nc2ccccc2nc1CN1CC[C@]2(CCCN(C)C2=O)C1. The van der Waals surface area contributed by atoms with Gasteiger partial charge in [0.1, 0.15) is 0 Å². The molecule has 2 saturated heterocycles. The lowest BCUT2D eigenvalue weighted by atomic mass is 9.78. The molecule has 1 aromatic carbocycles. The van der Waals surface area contributed by atoms with Crippen LogP contribution in [-0.2, 0) is 11.3 Å². The number of hydrogen-bond acceptors (Lipinski definition) is 4. The second kappa shape index (κ2) is 5.81. The van der Waals surface area contributed by atoms with Gasteiger partial charge in [0.25, 0.3) is 0 Å². The third kappa shape index (κ3) is 2.57. The molecule has 126 valence electrons. The Kier molecular flexibility index (Phi) is 3.76. The van der Waals surface area contributed by atoms with E-state index >= 15 is 0 Å². The van der Waals surface area contributed by atoms with Crippen molar-refractivity contribution in [3.63, 3.8) is 0 Å². The average molecular weight is 324 g/mol. The number of hydrogen-bond donors (Lipinski definition) is 0. The highest BCUT2D eigenvalue weighted by Gasteiger charge is 2.47. The number of aryl methyl sites for hydroxylation is 1. The zero-order valence-electron chi connectivity index (χ0n) is 14.5. The Balaban J connectivity index is 1.54. The van der Waals surface area contributed by atoms with Crippen molar-refractivity contribution in [2.75, 3.05) is 26.7 Å². The van der Waals surface area contributed by atoms with E-state index in [2.05, 4.69) is 9.88 Å². The van der Waals surface area contributed by atoms with Gasteiger partial charge in [-0.15, -0.1) is 0 Å². The summed E-state index contributed by atoms with van der Waals surface area (Å²) in [6.07, 6.45) is 3.11. The van der Waals surface area contributed by atoms with E-state index in [1.807, 2.05) is 43.1 Å². The number of piperidine rings is 1. The Morgan fingerprint density at radius 1 is 1.12 bits per heavy atom. The van der Waals surface area contributed by atoms with Crippen molar-refractivity contribution >= 4 is 16.9 Å². The first-order valence-electron chi connectivity index (χ1n) is 8.78. The lowest BCUT2D eigenvalue weighted by Crippen LogP contribution is -2.48. The smallest absolute Gasteiger partial charge is 0.229 e. The first kappa shape index (κ1) is 15.5. The summed E-state index contributed by atoms with van der Waals surface area (Å²) in [5.41, 5.74) is 3.75. The van der Waals surface area contributed by atoms with Crippen LogP contribution in [0, 0.1) is 12.3 Å². The molecule has 4 rings (SSSR count). The predicted molar refractivity (Wildman–Crippen MR) is 93.5 cm³/mol. The minimum absolute atomic E-state index is 0.162. The number of amides is 1. The van der Waals surface area contributed by atoms with Gasteiger partial charge in [-0.3, -0.25) is 9.69 Å². The number of carbonyl (C=O) groups is 1. The summed E-state index contributed by atoms with van der Waals surface area (Å²) in [7, 11) is 1.94. The molecule has 24 heavy (non-hydrogen) atoms. The molecule has 0 saturated carbocycles. The van der Waals surface area contributed by atoms with E-state index in [1.54, 1.807) is 0 Å². The minimum atomic E-state index is -0.162. The second-order valence-electron chi connectivity index (χ2n) is 7.32. The molecule has 1 aromatic heterocycles. The van der Waals surface area contributed by atoms with Gasteiger partial charge in [-0.1, -0.05) is 12.1 Å². The van der Waals surface area contributed by atoms with Crippen LogP contribution in [0.5, 0.6) is 0 Å². The van der Waals surface area contributed by atoms with E-state index in [0.717, 1.165) is 67.9 Å². The van der Waals surface area contributed by atoms with E-state index in [4.69, 9.17) is 4.98 Å². The number of aromatic nitrogens is 2. The van der Waals surface area contributed by atoms with Crippen LogP contribution in [0.1, 0.15) is 30.7 Å². The molecule has 0 unspecified atom stereocenters. The van der Waals surface area contributed by atoms with E-state index < -0.39 is 0 Å². The van der Waals surface area contributed by atoms with Crippen molar-refractivity contribution in [1.29, 1.82) is 0 Å². The molecule has 2 aliphatic heterocycles. The number of fused-ring (bicyclic) bond motifs is 1. The fourth-order valence-electron chi connectivity index (χ4n) is 4.23. The molecule has 0 aliphatic carbocycles. The van der Waals surface area contributed by atoms with Crippen LogP contribution in [-0.4, -0.2) is 52.4 Å². The van der Waals surface area contributed by atoms with Gasteiger partial charge < -0.3 is 4.90 Å². The third-order valence-corrected chi connectivity index (χ3v) is 5.60. The Morgan fingerprint density at radius 3 is 2.67 bits per heavy atom. The first-order chi connectivity index (χ1) is 11.6. The standard InChI is InChI=1S/C19H24N4O/c1-14-17(21-16-7-4-3-6-15(16)20-14)12-23-11-9-19(13-23)8-5-10-22(2)18(19)24/h3-4,6-7H,5,8-13H2,1-2H3/t19-/m1/s1. The monoisotopic (exact) mass is 324 g/mol. The maximum atomic E-state index is 12.7. The zero-order chi connectivity index (χ0) is 16.7. The largest absolute Gasteiger partial charge is 0.345 e. The Labute approximate surface area is 142 Å². The van der Waals surface area contributed by atoms with Crippen molar-refractivity contribution in [1.82, 2.24) is 19.8 Å². The molecule has 0 bridgehead atoms. The van der Waals surface area contributed by atoms with Gasteiger partial charge in [-0.05, 0) is 44.9 Å². The van der Waals surface area contributed by atoms with Crippen LogP contribution in [0.15, 0.2) is 24.3 Å². The molecule has 1 spiro atoms. The number of carbonyl (C=O) groups excluding carboxylic acids is 1. The van der Waals surface area contributed by atoms with Crippen LogP contribution >= 0.6 is 0 Å². The molecule has 2 aliphatic rings. The summed E-state index contributed by atoms with van der Waals surface area (Å²) in [5.74, 6) is 0.331. The Bertz CT molecular complexity index is 790. The van der Waals surface area contributed by atoms with Crippen molar-refractivity contribution in [2.24, 2.45) is 5.41 Å². The molecular formula is C19H24N4O. The van der Waals surface area contributed by atoms with Gasteiger partial charge in [0.05, 0.1) is 27.8 Å². The van der Waals surface area contributed by atoms with E-state index in [9.17, 15) is 4.79 Å². The Hall–Kier alpha value is -2.01. The van der Waals surface area contributed by atoms with Crippen LogP contribution in [0.3, 0.4) is 0 Å². The molecule has 2 aromatic rings. The fraction of sp³-hybridized carbons (Fsp3) is 0.526.